The van der Waals surface area contributed by atoms with Crippen LogP contribution in [0.15, 0.2) is 66.7 Å². The minimum atomic E-state index is -0.651. The normalized spacial score (nSPS) is 10.4. The van der Waals surface area contributed by atoms with E-state index in [2.05, 4.69) is 20.6 Å². The minimum Gasteiger partial charge on any atom is -0.324 e. The van der Waals surface area contributed by atoms with Crippen molar-refractivity contribution in [3.8, 4) is 12.3 Å². The first kappa shape index (κ1) is 20.5. The van der Waals surface area contributed by atoms with Crippen molar-refractivity contribution in [1.29, 1.82) is 0 Å². The van der Waals surface area contributed by atoms with Crippen LogP contribution in [0.1, 0.15) is 26.3 Å². The largest absolute Gasteiger partial charge is 0.324 e. The molecule has 0 atom stereocenters. The number of hydrogen-bond acceptors (Lipinski definition) is 4. The molecule has 7 nitrogen and oxygen atoms in total. The summed E-state index contributed by atoms with van der Waals surface area (Å²) in [6.07, 6.45) is 5.04. The van der Waals surface area contributed by atoms with Gasteiger partial charge in [-0.2, -0.15) is 0 Å². The summed E-state index contributed by atoms with van der Waals surface area (Å²) in [4.78, 5) is 44.4. The summed E-state index contributed by atoms with van der Waals surface area (Å²) < 4.78 is 13.1. The zero-order chi connectivity index (χ0) is 22.7. The average molecular weight is 426 g/mol. The van der Waals surface area contributed by atoms with Gasteiger partial charge in [-0.15, -0.1) is 6.42 Å². The maximum atomic E-state index is 13.2. The number of amides is 2. The Balaban J connectivity index is 1.62. The molecule has 0 unspecified atom stereocenters. The van der Waals surface area contributed by atoms with Gasteiger partial charge >= 0.3 is 5.91 Å². The first-order chi connectivity index (χ1) is 15.4. The van der Waals surface area contributed by atoms with Crippen LogP contribution >= 0.6 is 0 Å². The number of carbonyl (C=O) groups excluding carboxylic acids is 3. The van der Waals surface area contributed by atoms with Crippen LogP contribution in [0.4, 0.5) is 16.0 Å². The van der Waals surface area contributed by atoms with Crippen molar-refractivity contribution in [3.63, 3.8) is 0 Å². The molecule has 0 bridgehead atoms. The highest BCUT2D eigenvalue weighted by Crippen LogP contribution is 2.21. The first-order valence-corrected chi connectivity index (χ1v) is 9.42. The standard InChI is InChI=1S/C24H15FN4O3/c1-2-21(30)29-24-27-19-12-7-14(13-20(19)28-24)22(31)17-5-3-4-6-18(17)23(32)26-16-10-8-15(25)9-11-16/h1,3-13H,(H,26,32)(H2,27,28,29,30). The molecule has 32 heavy (non-hydrogen) atoms. The van der Waals surface area contributed by atoms with E-state index in [1.165, 1.54) is 30.3 Å². The van der Waals surface area contributed by atoms with Gasteiger partial charge in [0, 0.05) is 16.8 Å². The molecule has 4 rings (SSSR count). The highest BCUT2D eigenvalue weighted by molar-refractivity contribution is 6.18. The topological polar surface area (TPSA) is 104 Å². The van der Waals surface area contributed by atoms with Gasteiger partial charge < -0.3 is 10.3 Å². The molecule has 8 heteroatoms. The van der Waals surface area contributed by atoms with Gasteiger partial charge in [-0.1, -0.05) is 18.2 Å². The number of rotatable bonds is 5. The maximum absolute atomic E-state index is 13.2. The van der Waals surface area contributed by atoms with Gasteiger partial charge in [-0.05, 0) is 54.5 Å². The molecule has 3 aromatic carbocycles. The second kappa shape index (κ2) is 8.53. The Hall–Kier alpha value is -4.77. The minimum absolute atomic E-state index is 0.159. The van der Waals surface area contributed by atoms with Crippen LogP contribution in [0.5, 0.6) is 0 Å². The summed E-state index contributed by atoms with van der Waals surface area (Å²) in [5.41, 5.74) is 2.13. The number of benzene rings is 3. The Morgan fingerprint density at radius 2 is 1.66 bits per heavy atom. The number of H-pyrrole nitrogens is 1. The number of aromatic amines is 1. The number of halogens is 1. The molecule has 0 fully saturated rings. The van der Waals surface area contributed by atoms with E-state index in [-0.39, 0.29) is 22.9 Å². The molecule has 0 aliphatic rings. The zero-order valence-corrected chi connectivity index (χ0v) is 16.5. The van der Waals surface area contributed by atoms with Crippen LogP contribution in [0.25, 0.3) is 11.0 Å². The van der Waals surface area contributed by atoms with Crippen molar-refractivity contribution >= 4 is 40.3 Å². The van der Waals surface area contributed by atoms with Gasteiger partial charge in [-0.25, -0.2) is 9.37 Å². The van der Waals surface area contributed by atoms with Gasteiger partial charge in [0.1, 0.15) is 5.82 Å². The van der Waals surface area contributed by atoms with Crippen molar-refractivity contribution in [1.82, 2.24) is 9.97 Å². The fraction of sp³-hybridized carbons (Fsp3) is 0. The van der Waals surface area contributed by atoms with E-state index in [4.69, 9.17) is 6.42 Å². The second-order valence-electron chi connectivity index (χ2n) is 6.75. The highest BCUT2D eigenvalue weighted by atomic mass is 19.1. The van der Waals surface area contributed by atoms with Gasteiger partial charge in [0.15, 0.2) is 5.78 Å². The number of ketones is 1. The molecular formula is C24H15FN4O3. The quantitative estimate of drug-likeness (QED) is 0.334. The van der Waals surface area contributed by atoms with E-state index in [0.717, 1.165) is 0 Å². The van der Waals surface area contributed by atoms with E-state index in [1.807, 2.05) is 5.92 Å². The number of imidazole rings is 1. The third-order valence-electron chi connectivity index (χ3n) is 4.63. The molecule has 0 saturated heterocycles. The first-order valence-electron chi connectivity index (χ1n) is 9.42. The van der Waals surface area contributed by atoms with Gasteiger partial charge in [0.25, 0.3) is 5.91 Å². The van der Waals surface area contributed by atoms with Crippen molar-refractivity contribution in [2.24, 2.45) is 0 Å². The molecule has 2 amide bonds. The Morgan fingerprint density at radius 1 is 0.938 bits per heavy atom. The fourth-order valence-electron chi connectivity index (χ4n) is 3.12. The molecule has 156 valence electrons. The van der Waals surface area contributed by atoms with Crippen LogP contribution in [-0.4, -0.2) is 27.6 Å². The summed E-state index contributed by atoms with van der Waals surface area (Å²) in [7, 11) is 0. The molecular weight excluding hydrogens is 411 g/mol. The predicted octanol–water partition coefficient (Wildman–Crippen LogP) is 3.76. The van der Waals surface area contributed by atoms with Crippen molar-refractivity contribution < 1.29 is 18.8 Å². The number of nitrogens with one attached hydrogen (secondary N) is 3. The lowest BCUT2D eigenvalue weighted by atomic mass is 9.97. The Kier molecular flexibility index (Phi) is 5.47. The maximum Gasteiger partial charge on any atom is 0.302 e. The molecule has 0 aliphatic carbocycles. The smallest absolute Gasteiger partial charge is 0.302 e. The summed E-state index contributed by atoms with van der Waals surface area (Å²) in [5.74, 6) is 0.139. The Morgan fingerprint density at radius 3 is 2.38 bits per heavy atom. The lowest BCUT2D eigenvalue weighted by Gasteiger charge is -2.10. The Bertz CT molecular complexity index is 1400. The van der Waals surface area contributed by atoms with E-state index in [1.54, 1.807) is 36.4 Å². The molecule has 0 aliphatic heterocycles. The van der Waals surface area contributed by atoms with Crippen LogP contribution < -0.4 is 10.6 Å². The molecule has 0 spiro atoms. The van der Waals surface area contributed by atoms with Gasteiger partial charge in [0.2, 0.25) is 5.95 Å². The third kappa shape index (κ3) is 4.22. The lowest BCUT2D eigenvalue weighted by molar-refractivity contribution is -0.111. The predicted molar refractivity (Wildman–Crippen MR) is 118 cm³/mol. The number of anilines is 2. The molecule has 3 N–H and O–H groups in total. The molecule has 0 radical (unpaired) electrons. The summed E-state index contributed by atoms with van der Waals surface area (Å²) in [5, 5.41) is 5.07. The number of aromatic nitrogens is 2. The van der Waals surface area contributed by atoms with Crippen LogP contribution in [-0.2, 0) is 4.79 Å². The van der Waals surface area contributed by atoms with E-state index in [0.29, 0.717) is 22.3 Å². The zero-order valence-electron chi connectivity index (χ0n) is 16.5. The molecule has 1 aromatic heterocycles. The summed E-state index contributed by atoms with van der Waals surface area (Å²) in [6, 6.07) is 16.5. The third-order valence-corrected chi connectivity index (χ3v) is 4.63. The van der Waals surface area contributed by atoms with E-state index in [9.17, 15) is 18.8 Å². The lowest BCUT2D eigenvalue weighted by Crippen LogP contribution is -2.17. The van der Waals surface area contributed by atoms with Crippen molar-refractivity contribution in [2.75, 3.05) is 10.6 Å². The van der Waals surface area contributed by atoms with Crippen molar-refractivity contribution in [3.05, 3.63) is 89.2 Å². The number of fused-ring (bicyclic) bond motifs is 1. The van der Waals surface area contributed by atoms with Crippen LogP contribution in [0.2, 0.25) is 0 Å². The number of carbonyl (C=O) groups is 3. The van der Waals surface area contributed by atoms with E-state index < -0.39 is 17.6 Å². The fourth-order valence-corrected chi connectivity index (χ4v) is 3.12. The summed E-state index contributed by atoms with van der Waals surface area (Å²) >= 11 is 0. The summed E-state index contributed by atoms with van der Waals surface area (Å²) in [6.45, 7) is 0. The van der Waals surface area contributed by atoms with Crippen LogP contribution in [0, 0.1) is 18.2 Å². The number of hydrogen-bond donors (Lipinski definition) is 3. The molecule has 1 heterocycles. The second-order valence-corrected chi connectivity index (χ2v) is 6.75. The van der Waals surface area contributed by atoms with E-state index >= 15 is 0 Å². The van der Waals surface area contributed by atoms with Gasteiger partial charge in [-0.3, -0.25) is 19.7 Å². The van der Waals surface area contributed by atoms with Crippen LogP contribution in [0.3, 0.4) is 0 Å². The molecule has 4 aromatic rings. The number of nitrogens with zero attached hydrogens (tertiary/aromatic N) is 1. The highest BCUT2D eigenvalue weighted by Gasteiger charge is 2.19. The van der Waals surface area contributed by atoms with Gasteiger partial charge in [0.05, 0.1) is 16.6 Å². The SMILES string of the molecule is C#CC(=O)Nc1nc2ccc(C(=O)c3ccccc3C(=O)Nc3ccc(F)cc3)cc2[nH]1. The number of terminal acetylenes is 1. The monoisotopic (exact) mass is 426 g/mol. The van der Waals surface area contributed by atoms with Crippen molar-refractivity contribution in [2.45, 2.75) is 0 Å². The average Bonchev–Trinajstić information content (AvgIpc) is 3.21. The Labute approximate surface area is 181 Å². The molecule has 0 saturated carbocycles.